The van der Waals surface area contributed by atoms with Crippen LogP contribution >= 0.6 is 0 Å². The zero-order valence-electron chi connectivity index (χ0n) is 16.6. The number of carbonyl (C=O) groups is 1. The molecule has 1 saturated heterocycles. The molecular weight excluding hydrogens is 348 g/mol. The van der Waals surface area contributed by atoms with Crippen molar-refractivity contribution in [2.24, 2.45) is 0 Å². The quantitative estimate of drug-likeness (QED) is 0.552. The lowest BCUT2D eigenvalue weighted by Crippen LogP contribution is -2.31. The summed E-state index contributed by atoms with van der Waals surface area (Å²) < 4.78 is 22.5. The Hall–Kier alpha value is -1.89. The van der Waals surface area contributed by atoms with Gasteiger partial charge in [-0.15, -0.1) is 0 Å². The maximum Gasteiger partial charge on any atom is 0.333 e. The highest BCUT2D eigenvalue weighted by Gasteiger charge is 2.28. The van der Waals surface area contributed by atoms with Crippen LogP contribution in [0.4, 0.5) is 0 Å². The molecule has 1 aliphatic rings. The lowest BCUT2D eigenvalue weighted by molar-refractivity contribution is -0.243. The van der Waals surface area contributed by atoms with Gasteiger partial charge in [0.15, 0.2) is 6.29 Å². The highest BCUT2D eigenvalue weighted by Crippen LogP contribution is 2.33. The van der Waals surface area contributed by atoms with E-state index in [2.05, 4.69) is 20.4 Å². The molecule has 0 bridgehead atoms. The number of hydrogen-bond acceptors (Lipinski definition) is 6. The fourth-order valence-electron chi connectivity index (χ4n) is 2.83. The van der Waals surface area contributed by atoms with E-state index in [4.69, 9.17) is 18.9 Å². The highest BCUT2D eigenvalue weighted by molar-refractivity contribution is 5.86. The normalized spacial score (nSPS) is 23.5. The van der Waals surface area contributed by atoms with E-state index in [1.807, 2.05) is 25.1 Å². The summed E-state index contributed by atoms with van der Waals surface area (Å²) in [7, 11) is 0. The molecule has 0 amide bonds. The maximum atomic E-state index is 11.3. The molecule has 6 heteroatoms. The van der Waals surface area contributed by atoms with Gasteiger partial charge < -0.3 is 24.1 Å². The molecule has 0 saturated carbocycles. The van der Waals surface area contributed by atoms with Gasteiger partial charge in [-0.2, -0.15) is 0 Å². The molecule has 1 fully saturated rings. The molecule has 4 unspecified atom stereocenters. The second-order valence-electron chi connectivity index (χ2n) is 7.05. The smallest absolute Gasteiger partial charge is 0.333 e. The summed E-state index contributed by atoms with van der Waals surface area (Å²) in [4.78, 5) is 11.3. The fraction of sp³-hybridized carbons (Fsp3) is 0.571. The predicted molar refractivity (Wildman–Crippen MR) is 102 cm³/mol. The Morgan fingerprint density at radius 1 is 1.37 bits per heavy atom. The van der Waals surface area contributed by atoms with Gasteiger partial charge >= 0.3 is 5.97 Å². The van der Waals surface area contributed by atoms with Gasteiger partial charge in [0.25, 0.3) is 0 Å². The highest BCUT2D eigenvalue weighted by atomic mass is 16.7. The van der Waals surface area contributed by atoms with E-state index >= 15 is 0 Å². The Balaban J connectivity index is 1.90. The van der Waals surface area contributed by atoms with Crippen LogP contribution in [-0.4, -0.2) is 42.6 Å². The lowest BCUT2D eigenvalue weighted by Gasteiger charge is -2.34. The van der Waals surface area contributed by atoms with Gasteiger partial charge in [0.2, 0.25) is 0 Å². The molecule has 0 radical (unpaired) electrons. The zero-order chi connectivity index (χ0) is 20.0. The molecule has 6 nitrogen and oxygen atoms in total. The van der Waals surface area contributed by atoms with E-state index in [-0.39, 0.29) is 31.7 Å². The van der Waals surface area contributed by atoms with Crippen LogP contribution in [0.3, 0.4) is 0 Å². The number of aliphatic hydroxyl groups excluding tert-OH is 1. The summed E-state index contributed by atoms with van der Waals surface area (Å²) in [5, 5.41) is 9.90. The number of benzene rings is 1. The van der Waals surface area contributed by atoms with Gasteiger partial charge in [0, 0.05) is 11.1 Å². The van der Waals surface area contributed by atoms with E-state index in [9.17, 15) is 9.90 Å². The molecule has 0 aromatic heterocycles. The summed E-state index contributed by atoms with van der Waals surface area (Å²) in [6.45, 7) is 11.0. The molecule has 1 aromatic carbocycles. The van der Waals surface area contributed by atoms with Crippen molar-refractivity contribution in [3.8, 4) is 5.75 Å². The summed E-state index contributed by atoms with van der Waals surface area (Å²) in [5.74, 6) is 0.126. The van der Waals surface area contributed by atoms with Crippen LogP contribution in [0.25, 0.3) is 0 Å². The first kappa shape index (κ1) is 21.4. The third kappa shape index (κ3) is 6.34. The molecule has 4 atom stereocenters. The van der Waals surface area contributed by atoms with Gasteiger partial charge in [-0.1, -0.05) is 19.6 Å². The minimum absolute atomic E-state index is 0.0228. The molecular formula is C21H30O6. The van der Waals surface area contributed by atoms with Gasteiger partial charge in [0.1, 0.15) is 25.1 Å². The third-order valence-corrected chi connectivity index (χ3v) is 4.38. The first-order valence-electron chi connectivity index (χ1n) is 9.35. The van der Waals surface area contributed by atoms with Crippen molar-refractivity contribution < 1.29 is 28.8 Å². The average Bonchev–Trinajstić information content (AvgIpc) is 2.64. The number of aryl methyl sites for hydroxylation is 1. The van der Waals surface area contributed by atoms with E-state index in [0.29, 0.717) is 11.3 Å². The number of ether oxygens (including phenoxy) is 4. The van der Waals surface area contributed by atoms with Crippen molar-refractivity contribution >= 4 is 5.97 Å². The Morgan fingerprint density at radius 3 is 2.74 bits per heavy atom. The summed E-state index contributed by atoms with van der Waals surface area (Å²) in [6.07, 6.45) is 0.926. The van der Waals surface area contributed by atoms with Gasteiger partial charge in [-0.05, 0) is 51.3 Å². The predicted octanol–water partition coefficient (Wildman–Crippen LogP) is 3.46. The third-order valence-electron chi connectivity index (χ3n) is 4.38. The van der Waals surface area contributed by atoms with Crippen molar-refractivity contribution in [3.05, 3.63) is 41.5 Å². The number of esters is 1. The summed E-state index contributed by atoms with van der Waals surface area (Å²) in [5.41, 5.74) is 2.15. The Labute approximate surface area is 161 Å². The van der Waals surface area contributed by atoms with Crippen molar-refractivity contribution in [1.29, 1.82) is 0 Å². The van der Waals surface area contributed by atoms with Crippen LogP contribution in [0.5, 0.6) is 5.75 Å². The molecule has 1 N–H and O–H groups in total. The summed E-state index contributed by atoms with van der Waals surface area (Å²) >= 11 is 0. The van der Waals surface area contributed by atoms with E-state index < -0.39 is 12.1 Å². The lowest BCUT2D eigenvalue weighted by atomic mass is 10.1. The van der Waals surface area contributed by atoms with E-state index in [0.717, 1.165) is 24.0 Å². The fourth-order valence-corrected chi connectivity index (χ4v) is 2.83. The van der Waals surface area contributed by atoms with Crippen molar-refractivity contribution in [2.45, 2.75) is 65.1 Å². The second-order valence-corrected chi connectivity index (χ2v) is 7.05. The van der Waals surface area contributed by atoms with Crippen LogP contribution in [0.1, 0.15) is 51.0 Å². The molecule has 27 heavy (non-hydrogen) atoms. The monoisotopic (exact) mass is 378 g/mol. The summed E-state index contributed by atoms with van der Waals surface area (Å²) in [6, 6.07) is 5.72. The van der Waals surface area contributed by atoms with Crippen molar-refractivity contribution in [2.75, 3.05) is 13.2 Å². The SMILES string of the molecule is C=C(C)C(=O)OCC(O)COc1ccc(C2OC(C)CC(CC)O2)cc1C. The number of rotatable bonds is 8. The number of hydrogen-bond donors (Lipinski definition) is 1. The van der Waals surface area contributed by atoms with Crippen molar-refractivity contribution in [1.82, 2.24) is 0 Å². The van der Waals surface area contributed by atoms with Gasteiger partial charge in [-0.3, -0.25) is 0 Å². The topological polar surface area (TPSA) is 74.2 Å². The van der Waals surface area contributed by atoms with E-state index in [1.165, 1.54) is 0 Å². The van der Waals surface area contributed by atoms with Gasteiger partial charge in [0.05, 0.1) is 12.2 Å². The molecule has 1 aliphatic heterocycles. The minimum atomic E-state index is -0.913. The Morgan fingerprint density at radius 2 is 2.11 bits per heavy atom. The number of carbonyl (C=O) groups excluding carboxylic acids is 1. The largest absolute Gasteiger partial charge is 0.490 e. The zero-order valence-corrected chi connectivity index (χ0v) is 16.6. The first-order valence-corrected chi connectivity index (χ1v) is 9.35. The van der Waals surface area contributed by atoms with Crippen LogP contribution < -0.4 is 4.74 Å². The Bertz CT molecular complexity index is 656. The molecule has 1 heterocycles. The Kier molecular flexibility index (Phi) is 7.83. The van der Waals surface area contributed by atoms with Crippen LogP contribution in [0.15, 0.2) is 30.4 Å². The molecule has 0 spiro atoms. The molecule has 2 rings (SSSR count). The van der Waals surface area contributed by atoms with E-state index in [1.54, 1.807) is 6.92 Å². The van der Waals surface area contributed by atoms with Crippen molar-refractivity contribution in [3.63, 3.8) is 0 Å². The van der Waals surface area contributed by atoms with Crippen LogP contribution in [-0.2, 0) is 19.0 Å². The minimum Gasteiger partial charge on any atom is -0.490 e. The van der Waals surface area contributed by atoms with Gasteiger partial charge in [-0.25, -0.2) is 4.79 Å². The molecule has 150 valence electrons. The van der Waals surface area contributed by atoms with Crippen LogP contribution in [0, 0.1) is 6.92 Å². The second kappa shape index (κ2) is 9.88. The molecule has 0 aliphatic carbocycles. The standard InChI is InChI=1S/C21H30O6/c1-6-18-10-15(5)26-21(27-18)16-7-8-19(14(4)9-16)24-11-17(22)12-25-20(23)13(2)3/h7-9,15,17-18,21-22H,2,6,10-12H2,1,3-5H3. The first-order chi connectivity index (χ1) is 12.8. The number of aliphatic hydroxyl groups is 1. The maximum absolute atomic E-state index is 11.3. The average molecular weight is 378 g/mol. The van der Waals surface area contributed by atoms with Crippen LogP contribution in [0.2, 0.25) is 0 Å². The molecule has 1 aromatic rings.